The molecule has 0 spiro atoms. The van der Waals surface area contributed by atoms with Crippen LogP contribution in [0.4, 0.5) is 4.79 Å². The second kappa shape index (κ2) is 11.7. The van der Waals surface area contributed by atoms with Crippen LogP contribution in [0, 0.1) is 11.8 Å². The number of carbonyl (C=O) groups is 4. The van der Waals surface area contributed by atoms with E-state index >= 15 is 0 Å². The van der Waals surface area contributed by atoms with Crippen molar-refractivity contribution >= 4 is 24.3 Å². The fourth-order valence-corrected chi connectivity index (χ4v) is 4.24. The Morgan fingerprint density at radius 3 is 2.09 bits per heavy atom. The van der Waals surface area contributed by atoms with Crippen LogP contribution in [-0.4, -0.2) is 58.5 Å². The predicted octanol–water partition coefficient (Wildman–Crippen LogP) is 4.02. The van der Waals surface area contributed by atoms with Gasteiger partial charge in [0.2, 0.25) is 5.91 Å². The van der Waals surface area contributed by atoms with E-state index in [0.29, 0.717) is 19.3 Å². The molecule has 1 unspecified atom stereocenters. The maximum atomic E-state index is 13.3. The first kappa shape index (κ1) is 28.7. The highest BCUT2D eigenvalue weighted by atomic mass is 16.6. The number of aldehydes is 1. The summed E-state index contributed by atoms with van der Waals surface area (Å²) in [6, 6.07) is -1.88. The van der Waals surface area contributed by atoms with Crippen molar-refractivity contribution in [2.75, 3.05) is 0 Å². The third kappa shape index (κ3) is 8.82. The molecule has 8 nitrogen and oxygen atoms in total. The Labute approximate surface area is 198 Å². The van der Waals surface area contributed by atoms with Gasteiger partial charge in [-0.25, -0.2) is 9.59 Å². The maximum Gasteiger partial charge on any atom is 0.411 e. The smallest absolute Gasteiger partial charge is 0.411 e. The largest absolute Gasteiger partial charge is 0.458 e. The quantitative estimate of drug-likeness (QED) is 0.329. The van der Waals surface area contributed by atoms with Crippen molar-refractivity contribution in [2.24, 2.45) is 11.8 Å². The number of amides is 2. The number of hydrogen-bond donors (Lipinski definition) is 1. The molecule has 0 saturated carbocycles. The van der Waals surface area contributed by atoms with E-state index in [1.54, 1.807) is 41.5 Å². The predicted molar refractivity (Wildman–Crippen MR) is 126 cm³/mol. The zero-order valence-corrected chi connectivity index (χ0v) is 21.6. The Morgan fingerprint density at radius 1 is 1.09 bits per heavy atom. The molecule has 0 aromatic rings. The Morgan fingerprint density at radius 2 is 1.67 bits per heavy atom. The van der Waals surface area contributed by atoms with Crippen LogP contribution in [0.3, 0.4) is 0 Å². The fraction of sp³-hybridized carbons (Fsp3) is 0.760. The van der Waals surface area contributed by atoms with Crippen LogP contribution in [0.1, 0.15) is 81.6 Å². The summed E-state index contributed by atoms with van der Waals surface area (Å²) >= 11 is 0. The molecule has 5 atom stereocenters. The average Bonchev–Trinajstić information content (AvgIpc) is 3.00. The van der Waals surface area contributed by atoms with E-state index in [2.05, 4.69) is 5.32 Å². The number of nitrogens with zero attached hydrogens (tertiary/aromatic N) is 1. The van der Waals surface area contributed by atoms with E-state index in [-0.39, 0.29) is 17.7 Å². The monoisotopic (exact) mass is 466 g/mol. The highest BCUT2D eigenvalue weighted by molar-refractivity contribution is 5.83. The summed E-state index contributed by atoms with van der Waals surface area (Å²) in [4.78, 5) is 51.3. The van der Waals surface area contributed by atoms with Crippen LogP contribution >= 0.6 is 0 Å². The Kier molecular flexibility index (Phi) is 10.1. The lowest BCUT2D eigenvalue weighted by atomic mass is 9.85. The number of allylic oxidation sites excluding steroid dienone is 1. The maximum absolute atomic E-state index is 13.3. The van der Waals surface area contributed by atoms with Crippen LogP contribution in [0.5, 0.6) is 0 Å². The molecule has 1 aliphatic rings. The third-order valence-electron chi connectivity index (χ3n) is 5.50. The van der Waals surface area contributed by atoms with Crippen molar-refractivity contribution in [1.82, 2.24) is 10.2 Å². The van der Waals surface area contributed by atoms with Crippen molar-refractivity contribution < 1.29 is 28.7 Å². The molecule has 1 N–H and O–H groups in total. The SMILES string of the molecule is CC=C[C@@H]1C[C@H](C(=O)OC(C)(C)C)N(C(=O)OC(C)(C)C)[C@@H]1C[C@@H](CC)C(C=O)NC(C)=O. The molecular weight excluding hydrogens is 424 g/mol. The minimum atomic E-state index is -0.807. The van der Waals surface area contributed by atoms with Crippen LogP contribution in [0.25, 0.3) is 0 Å². The van der Waals surface area contributed by atoms with Gasteiger partial charge < -0.3 is 19.6 Å². The van der Waals surface area contributed by atoms with E-state index in [0.717, 1.165) is 6.29 Å². The standard InChI is InChI=1S/C25H42N2O6/c1-10-12-18-14-21(22(30)32-24(4,5)6)27(23(31)33-25(7,8)9)20(18)13-17(11-2)19(15-28)26-16(3)29/h10,12,15,17-21H,11,13-14H2,1-9H3,(H,26,29)/t17-,18-,19?,20-,21-/m1/s1. The minimum Gasteiger partial charge on any atom is -0.458 e. The molecule has 188 valence electrons. The number of ether oxygens (including phenoxy) is 2. The lowest BCUT2D eigenvalue weighted by Gasteiger charge is -2.35. The van der Waals surface area contributed by atoms with Crippen LogP contribution in [0.15, 0.2) is 12.2 Å². The van der Waals surface area contributed by atoms with Crippen molar-refractivity contribution in [3.05, 3.63) is 12.2 Å². The molecule has 1 saturated heterocycles. The van der Waals surface area contributed by atoms with Gasteiger partial charge in [-0.1, -0.05) is 25.5 Å². The molecule has 0 radical (unpaired) electrons. The second-order valence-corrected chi connectivity index (χ2v) is 10.7. The first-order valence-electron chi connectivity index (χ1n) is 11.7. The highest BCUT2D eigenvalue weighted by Gasteiger charge is 2.49. The second-order valence-electron chi connectivity index (χ2n) is 10.7. The molecular formula is C25H42N2O6. The number of hydrogen-bond acceptors (Lipinski definition) is 6. The zero-order valence-electron chi connectivity index (χ0n) is 21.6. The first-order valence-corrected chi connectivity index (χ1v) is 11.7. The zero-order chi connectivity index (χ0) is 25.6. The molecule has 1 aliphatic heterocycles. The van der Waals surface area contributed by atoms with Gasteiger partial charge in [-0.05, 0) is 73.1 Å². The van der Waals surface area contributed by atoms with E-state index in [9.17, 15) is 19.2 Å². The molecule has 0 aromatic heterocycles. The Balaban J connectivity index is 3.41. The number of rotatable bonds is 8. The third-order valence-corrected chi connectivity index (χ3v) is 5.50. The summed E-state index contributed by atoms with van der Waals surface area (Å²) < 4.78 is 11.3. The van der Waals surface area contributed by atoms with Gasteiger partial charge in [0.25, 0.3) is 0 Å². The molecule has 0 bridgehead atoms. The van der Waals surface area contributed by atoms with Crippen LogP contribution in [0.2, 0.25) is 0 Å². The lowest BCUT2D eigenvalue weighted by Crippen LogP contribution is -2.51. The minimum absolute atomic E-state index is 0.126. The summed E-state index contributed by atoms with van der Waals surface area (Å²) in [6.45, 7) is 15.9. The molecule has 33 heavy (non-hydrogen) atoms. The average molecular weight is 467 g/mol. The van der Waals surface area contributed by atoms with Crippen molar-refractivity contribution in [2.45, 2.75) is 111 Å². The van der Waals surface area contributed by atoms with Crippen molar-refractivity contribution in [3.8, 4) is 0 Å². The lowest BCUT2D eigenvalue weighted by molar-refractivity contribution is -0.160. The van der Waals surface area contributed by atoms with Gasteiger partial charge in [-0.3, -0.25) is 9.69 Å². The normalized spacial score (nSPS) is 23.2. The van der Waals surface area contributed by atoms with Crippen molar-refractivity contribution in [3.63, 3.8) is 0 Å². The molecule has 8 heteroatoms. The molecule has 1 fully saturated rings. The summed E-state index contributed by atoms with van der Waals surface area (Å²) in [6.07, 6.45) is 5.45. The van der Waals surface area contributed by atoms with Crippen LogP contribution in [-0.2, 0) is 23.9 Å². The Bertz CT molecular complexity index is 734. The number of likely N-dealkylation sites (tertiary alicyclic amines) is 1. The first-order chi connectivity index (χ1) is 15.1. The van der Waals surface area contributed by atoms with Gasteiger partial charge in [-0.2, -0.15) is 0 Å². The molecule has 0 aliphatic carbocycles. The topological polar surface area (TPSA) is 102 Å². The highest BCUT2D eigenvalue weighted by Crippen LogP contribution is 2.38. The van der Waals surface area contributed by atoms with Gasteiger partial charge in [0.05, 0.1) is 6.04 Å². The van der Waals surface area contributed by atoms with E-state index in [1.807, 2.05) is 26.0 Å². The van der Waals surface area contributed by atoms with Gasteiger partial charge in [0.1, 0.15) is 23.5 Å². The number of esters is 1. The molecule has 0 aromatic carbocycles. The fourth-order valence-electron chi connectivity index (χ4n) is 4.24. The summed E-state index contributed by atoms with van der Waals surface area (Å²) in [5.74, 6) is -1.12. The van der Waals surface area contributed by atoms with Crippen molar-refractivity contribution in [1.29, 1.82) is 0 Å². The van der Waals surface area contributed by atoms with Gasteiger partial charge in [0.15, 0.2) is 0 Å². The molecule has 1 heterocycles. The molecule has 1 rings (SSSR count). The summed E-state index contributed by atoms with van der Waals surface area (Å²) in [5, 5.41) is 2.70. The molecule has 2 amide bonds. The van der Waals surface area contributed by atoms with E-state index < -0.39 is 41.4 Å². The summed E-state index contributed by atoms with van der Waals surface area (Å²) in [5.41, 5.74) is -1.45. The Hall–Kier alpha value is -2.38. The van der Waals surface area contributed by atoms with Gasteiger partial charge in [0, 0.05) is 13.0 Å². The summed E-state index contributed by atoms with van der Waals surface area (Å²) in [7, 11) is 0. The van der Waals surface area contributed by atoms with Gasteiger partial charge >= 0.3 is 12.1 Å². The number of nitrogens with one attached hydrogen (secondary N) is 1. The van der Waals surface area contributed by atoms with Gasteiger partial charge in [-0.15, -0.1) is 0 Å². The number of carbonyl (C=O) groups excluding carboxylic acids is 4. The van der Waals surface area contributed by atoms with Crippen LogP contribution < -0.4 is 5.32 Å². The van der Waals surface area contributed by atoms with E-state index in [4.69, 9.17) is 9.47 Å². The van der Waals surface area contributed by atoms with E-state index in [1.165, 1.54) is 11.8 Å².